The number of ether oxygens (including phenoxy) is 1. The Labute approximate surface area is 268 Å². The molecular formula is C34H37F6NO6. The SMILES string of the molecule is CC/C(=C\c1cc(C)c(O)c(C)c1)CC[C@@H](O)C1=C(COC)C[C@H]2C(=O)N(c3cc(C(F)(F)F)cc(C(F)(F)F)c3)C(=O)[C@H]2[C@H]1CO. The molecule has 1 aliphatic carbocycles. The topological polar surface area (TPSA) is 107 Å². The average Bonchev–Trinajstić information content (AvgIpc) is 3.24. The number of benzene rings is 2. The molecule has 0 bridgehead atoms. The fraction of sp³-hybridized carbons (Fsp3) is 0.471. The summed E-state index contributed by atoms with van der Waals surface area (Å²) in [6.45, 7) is 4.70. The first kappa shape index (κ1) is 36.2. The summed E-state index contributed by atoms with van der Waals surface area (Å²) in [5, 5.41) is 32.1. The number of anilines is 1. The molecule has 2 amide bonds. The van der Waals surface area contributed by atoms with Crippen LogP contribution >= 0.6 is 0 Å². The van der Waals surface area contributed by atoms with E-state index in [0.29, 0.717) is 46.6 Å². The molecule has 7 nitrogen and oxygen atoms in total. The molecule has 1 aliphatic heterocycles. The lowest BCUT2D eigenvalue weighted by molar-refractivity contribution is -0.143. The molecular weight excluding hydrogens is 632 g/mol. The summed E-state index contributed by atoms with van der Waals surface area (Å²) >= 11 is 0. The molecule has 4 rings (SSSR count). The number of aryl methyl sites for hydroxylation is 2. The van der Waals surface area contributed by atoms with Crippen molar-refractivity contribution in [3.8, 4) is 5.75 Å². The molecule has 3 N–H and O–H groups in total. The third-order valence-corrected chi connectivity index (χ3v) is 8.97. The number of halogens is 6. The summed E-state index contributed by atoms with van der Waals surface area (Å²) in [5.74, 6) is -5.52. The largest absolute Gasteiger partial charge is 0.507 e. The summed E-state index contributed by atoms with van der Waals surface area (Å²) in [7, 11) is 1.37. The molecule has 13 heteroatoms. The maximum atomic E-state index is 13.7. The summed E-state index contributed by atoms with van der Waals surface area (Å²) in [5.41, 5.74) is -0.315. The van der Waals surface area contributed by atoms with Crippen LogP contribution in [0.1, 0.15) is 60.4 Å². The van der Waals surface area contributed by atoms with E-state index in [-0.39, 0.29) is 36.8 Å². The number of phenolic OH excluding ortho intramolecular Hbond substituents is 1. The van der Waals surface area contributed by atoms with Gasteiger partial charge in [-0.05, 0) is 97.7 Å². The number of aliphatic hydroxyl groups excluding tert-OH is 2. The van der Waals surface area contributed by atoms with E-state index < -0.39 is 71.4 Å². The number of fused-ring (bicyclic) bond motifs is 1. The Morgan fingerprint density at radius 3 is 2.06 bits per heavy atom. The minimum atomic E-state index is -5.20. The number of aliphatic hydroxyl groups is 2. The number of methoxy groups -OCH3 is 1. The van der Waals surface area contributed by atoms with E-state index in [1.807, 2.05) is 25.1 Å². The van der Waals surface area contributed by atoms with Gasteiger partial charge in [-0.25, -0.2) is 4.90 Å². The van der Waals surface area contributed by atoms with E-state index in [1.54, 1.807) is 13.8 Å². The minimum Gasteiger partial charge on any atom is -0.507 e. The zero-order chi connectivity index (χ0) is 35.0. The maximum absolute atomic E-state index is 13.7. The molecule has 0 spiro atoms. The van der Waals surface area contributed by atoms with Crippen molar-refractivity contribution in [2.75, 3.05) is 25.2 Å². The highest BCUT2D eigenvalue weighted by Gasteiger charge is 2.55. The van der Waals surface area contributed by atoms with Crippen LogP contribution in [0.15, 0.2) is 47.1 Å². The van der Waals surface area contributed by atoms with Crippen LogP contribution in [0, 0.1) is 31.6 Å². The van der Waals surface area contributed by atoms with Gasteiger partial charge in [0.25, 0.3) is 0 Å². The molecule has 256 valence electrons. The number of allylic oxidation sites excluding steroid dienone is 1. The third-order valence-electron chi connectivity index (χ3n) is 8.97. The number of rotatable bonds is 10. The molecule has 2 aliphatic rings. The fourth-order valence-corrected chi connectivity index (χ4v) is 6.73. The standard InChI is InChI=1S/C34H37F6NO6/c1-5-19(10-20-8-17(2)30(44)18(3)9-20)6-7-27(43)28-21(16-47-4)11-25-29(26(28)15-42)32(46)41(31(25)45)24-13-22(33(35,36)37)12-23(14-24)34(38,39)40/h8-10,12-14,25-27,29,42-44H,5-7,11,15-16H2,1-4H3/b19-10+/t25-,26+,27-,29-/m1/s1. The van der Waals surface area contributed by atoms with Crippen LogP contribution in [0.5, 0.6) is 5.75 Å². The molecule has 1 fully saturated rings. The zero-order valence-corrected chi connectivity index (χ0v) is 26.3. The van der Waals surface area contributed by atoms with Gasteiger partial charge >= 0.3 is 12.4 Å². The van der Waals surface area contributed by atoms with Crippen molar-refractivity contribution in [2.45, 2.75) is 64.9 Å². The number of imide groups is 1. The van der Waals surface area contributed by atoms with Crippen LogP contribution in [0.4, 0.5) is 32.0 Å². The Kier molecular flexibility index (Phi) is 10.6. The second-order valence-corrected chi connectivity index (χ2v) is 12.1. The quantitative estimate of drug-likeness (QED) is 0.147. The van der Waals surface area contributed by atoms with Crippen molar-refractivity contribution in [2.24, 2.45) is 17.8 Å². The Morgan fingerprint density at radius 2 is 1.57 bits per heavy atom. The molecule has 0 radical (unpaired) electrons. The number of alkyl halides is 6. The van der Waals surface area contributed by atoms with E-state index in [9.17, 15) is 51.3 Å². The number of hydrogen-bond donors (Lipinski definition) is 3. The Morgan fingerprint density at radius 1 is 1.00 bits per heavy atom. The molecule has 47 heavy (non-hydrogen) atoms. The van der Waals surface area contributed by atoms with Gasteiger partial charge in [-0.2, -0.15) is 26.3 Å². The summed E-state index contributed by atoms with van der Waals surface area (Å²) in [6.07, 6.45) is -8.62. The van der Waals surface area contributed by atoms with Crippen molar-refractivity contribution >= 4 is 23.6 Å². The van der Waals surface area contributed by atoms with Gasteiger partial charge in [0.2, 0.25) is 11.8 Å². The highest BCUT2D eigenvalue weighted by atomic mass is 19.4. The van der Waals surface area contributed by atoms with E-state index in [4.69, 9.17) is 4.74 Å². The normalized spacial score (nSPS) is 21.5. The first-order valence-corrected chi connectivity index (χ1v) is 15.1. The van der Waals surface area contributed by atoms with E-state index in [0.717, 1.165) is 11.1 Å². The fourth-order valence-electron chi connectivity index (χ4n) is 6.73. The highest BCUT2D eigenvalue weighted by molar-refractivity contribution is 6.22. The number of amides is 2. The van der Waals surface area contributed by atoms with Crippen molar-refractivity contribution in [1.82, 2.24) is 0 Å². The van der Waals surface area contributed by atoms with E-state index in [2.05, 4.69) is 0 Å². The molecule has 0 unspecified atom stereocenters. The number of nitrogens with zero attached hydrogens (tertiary/aromatic N) is 1. The Bertz CT molecular complexity index is 1540. The van der Waals surface area contributed by atoms with Crippen molar-refractivity contribution in [3.63, 3.8) is 0 Å². The molecule has 1 saturated heterocycles. The maximum Gasteiger partial charge on any atom is 0.416 e. The van der Waals surface area contributed by atoms with Crippen molar-refractivity contribution < 1.29 is 56.0 Å². The summed E-state index contributed by atoms with van der Waals surface area (Å²) in [6, 6.07) is 4.21. The number of aromatic hydroxyl groups is 1. The lowest BCUT2D eigenvalue weighted by atomic mass is 9.68. The van der Waals surface area contributed by atoms with Crippen LogP contribution in [0.25, 0.3) is 6.08 Å². The van der Waals surface area contributed by atoms with Gasteiger partial charge in [0.15, 0.2) is 0 Å². The zero-order valence-electron chi connectivity index (χ0n) is 26.3. The number of hydrogen-bond acceptors (Lipinski definition) is 6. The third kappa shape index (κ3) is 7.42. The Balaban J connectivity index is 1.67. The number of carbonyl (C=O) groups is 2. The Hall–Kier alpha value is -3.68. The number of carbonyl (C=O) groups excluding carboxylic acids is 2. The molecule has 4 atom stereocenters. The molecule has 0 saturated carbocycles. The predicted molar refractivity (Wildman–Crippen MR) is 161 cm³/mol. The second-order valence-electron chi connectivity index (χ2n) is 12.1. The van der Waals surface area contributed by atoms with Crippen LogP contribution < -0.4 is 4.90 Å². The molecule has 2 aromatic carbocycles. The van der Waals surface area contributed by atoms with Crippen molar-refractivity contribution in [1.29, 1.82) is 0 Å². The van der Waals surface area contributed by atoms with E-state index >= 15 is 0 Å². The van der Waals surface area contributed by atoms with Crippen LogP contribution in [-0.2, 0) is 26.7 Å². The van der Waals surface area contributed by atoms with Crippen LogP contribution in [0.3, 0.4) is 0 Å². The molecule has 1 heterocycles. The smallest absolute Gasteiger partial charge is 0.416 e. The first-order chi connectivity index (χ1) is 21.9. The van der Waals surface area contributed by atoms with Gasteiger partial charge < -0.3 is 20.1 Å². The summed E-state index contributed by atoms with van der Waals surface area (Å²) in [4.78, 5) is 27.6. The monoisotopic (exact) mass is 669 g/mol. The lowest BCUT2D eigenvalue weighted by Crippen LogP contribution is -2.39. The average molecular weight is 670 g/mol. The lowest BCUT2D eigenvalue weighted by Gasteiger charge is -2.36. The number of phenols is 1. The van der Waals surface area contributed by atoms with Gasteiger partial charge in [0.1, 0.15) is 5.75 Å². The van der Waals surface area contributed by atoms with Crippen LogP contribution in [0.2, 0.25) is 0 Å². The van der Waals surface area contributed by atoms with Gasteiger partial charge in [-0.3, -0.25) is 9.59 Å². The van der Waals surface area contributed by atoms with Gasteiger partial charge in [-0.15, -0.1) is 0 Å². The highest BCUT2D eigenvalue weighted by Crippen LogP contribution is 2.48. The van der Waals surface area contributed by atoms with Gasteiger partial charge in [0.05, 0.1) is 48.0 Å². The van der Waals surface area contributed by atoms with Crippen molar-refractivity contribution in [3.05, 3.63) is 74.9 Å². The summed E-state index contributed by atoms with van der Waals surface area (Å²) < 4.78 is 86.8. The first-order valence-electron chi connectivity index (χ1n) is 15.1. The second kappa shape index (κ2) is 13.8. The van der Waals surface area contributed by atoms with Crippen LogP contribution in [-0.4, -0.2) is 53.6 Å². The molecule has 2 aromatic rings. The van der Waals surface area contributed by atoms with Gasteiger partial charge in [-0.1, -0.05) is 18.6 Å². The minimum absolute atomic E-state index is 0.0854. The molecule has 0 aromatic heterocycles. The van der Waals surface area contributed by atoms with E-state index in [1.165, 1.54) is 7.11 Å². The van der Waals surface area contributed by atoms with Gasteiger partial charge in [0, 0.05) is 13.0 Å². The predicted octanol–water partition coefficient (Wildman–Crippen LogP) is 6.74.